The number of carbonyl (C=O) groups excluding carboxylic acids is 1. The van der Waals surface area contributed by atoms with E-state index in [1.165, 1.54) is 0 Å². The molecular formula is C9H17BrO. The van der Waals surface area contributed by atoms with Crippen molar-refractivity contribution in [2.24, 2.45) is 5.92 Å². The van der Waals surface area contributed by atoms with Crippen molar-refractivity contribution >= 4 is 21.7 Å². The highest BCUT2D eigenvalue weighted by Crippen LogP contribution is 2.15. The van der Waals surface area contributed by atoms with Gasteiger partial charge in [0.15, 0.2) is 0 Å². The Labute approximate surface area is 77.7 Å². The van der Waals surface area contributed by atoms with Crippen molar-refractivity contribution in [1.82, 2.24) is 0 Å². The third kappa shape index (κ3) is 4.57. The standard InChI is InChI=1S/C9H17BrO/c1-3-5-8(6-4-2)9(11)7-10/h8H,3-7H2,1-2H3. The van der Waals surface area contributed by atoms with Crippen molar-refractivity contribution < 1.29 is 4.79 Å². The second kappa shape index (κ2) is 6.84. The summed E-state index contributed by atoms with van der Waals surface area (Å²) in [6.07, 6.45) is 4.34. The topological polar surface area (TPSA) is 17.1 Å². The van der Waals surface area contributed by atoms with Gasteiger partial charge in [-0.25, -0.2) is 0 Å². The highest BCUT2D eigenvalue weighted by atomic mass is 79.9. The first kappa shape index (κ1) is 11.2. The average Bonchev–Trinajstić information content (AvgIpc) is 2.03. The monoisotopic (exact) mass is 220 g/mol. The van der Waals surface area contributed by atoms with Crippen LogP contribution in [-0.4, -0.2) is 11.1 Å². The van der Waals surface area contributed by atoms with E-state index >= 15 is 0 Å². The van der Waals surface area contributed by atoms with E-state index in [4.69, 9.17) is 0 Å². The van der Waals surface area contributed by atoms with Gasteiger partial charge < -0.3 is 0 Å². The predicted molar refractivity (Wildman–Crippen MR) is 52.1 cm³/mol. The van der Waals surface area contributed by atoms with Crippen molar-refractivity contribution in [3.8, 4) is 0 Å². The molecule has 1 nitrogen and oxygen atoms in total. The van der Waals surface area contributed by atoms with Gasteiger partial charge in [0.25, 0.3) is 0 Å². The van der Waals surface area contributed by atoms with Crippen molar-refractivity contribution in [2.75, 3.05) is 5.33 Å². The molecule has 0 heterocycles. The minimum atomic E-state index is 0.310. The zero-order chi connectivity index (χ0) is 8.69. The maximum absolute atomic E-state index is 11.2. The smallest absolute Gasteiger partial charge is 0.146 e. The van der Waals surface area contributed by atoms with Gasteiger partial charge in [0.1, 0.15) is 5.78 Å². The quantitative estimate of drug-likeness (QED) is 0.629. The Balaban J connectivity index is 3.76. The third-order valence-electron chi connectivity index (χ3n) is 1.86. The van der Waals surface area contributed by atoms with E-state index in [-0.39, 0.29) is 0 Å². The number of hydrogen-bond acceptors (Lipinski definition) is 1. The van der Waals surface area contributed by atoms with E-state index in [9.17, 15) is 4.79 Å². The van der Waals surface area contributed by atoms with Crippen molar-refractivity contribution in [3.05, 3.63) is 0 Å². The highest BCUT2D eigenvalue weighted by molar-refractivity contribution is 9.09. The zero-order valence-corrected chi connectivity index (χ0v) is 8.99. The summed E-state index contributed by atoms with van der Waals surface area (Å²) in [7, 11) is 0. The molecule has 0 aromatic heterocycles. The van der Waals surface area contributed by atoms with Gasteiger partial charge in [0, 0.05) is 5.92 Å². The summed E-state index contributed by atoms with van der Waals surface area (Å²) in [5.41, 5.74) is 0. The molecule has 0 fully saturated rings. The molecule has 0 spiro atoms. The predicted octanol–water partition coefficient (Wildman–Crippen LogP) is 3.17. The molecule has 0 aliphatic rings. The Morgan fingerprint density at radius 1 is 1.27 bits per heavy atom. The first-order chi connectivity index (χ1) is 5.26. The van der Waals surface area contributed by atoms with E-state index < -0.39 is 0 Å². The second-order valence-corrected chi connectivity index (χ2v) is 3.43. The van der Waals surface area contributed by atoms with Gasteiger partial charge in [0.05, 0.1) is 5.33 Å². The fraction of sp³-hybridized carbons (Fsp3) is 0.889. The lowest BCUT2D eigenvalue weighted by Crippen LogP contribution is -2.15. The lowest BCUT2D eigenvalue weighted by atomic mass is 9.95. The van der Waals surface area contributed by atoms with Crippen LogP contribution in [0.4, 0.5) is 0 Å². The summed E-state index contributed by atoms with van der Waals surface area (Å²) in [5, 5.41) is 0.525. The van der Waals surface area contributed by atoms with E-state index in [1.54, 1.807) is 0 Å². The van der Waals surface area contributed by atoms with Crippen LogP contribution in [0, 0.1) is 5.92 Å². The molecule has 0 aliphatic carbocycles. The molecule has 0 saturated carbocycles. The van der Waals surface area contributed by atoms with Gasteiger partial charge in [-0.1, -0.05) is 42.6 Å². The molecular weight excluding hydrogens is 204 g/mol. The number of alkyl halides is 1. The molecule has 0 N–H and O–H groups in total. The molecule has 0 saturated heterocycles. The van der Waals surface area contributed by atoms with Gasteiger partial charge >= 0.3 is 0 Å². The summed E-state index contributed by atoms with van der Waals surface area (Å²) >= 11 is 3.21. The Bertz CT molecular complexity index is 106. The Kier molecular flexibility index (Phi) is 6.93. The summed E-state index contributed by atoms with van der Waals surface area (Å²) in [6, 6.07) is 0. The van der Waals surface area contributed by atoms with Crippen LogP contribution in [0.3, 0.4) is 0 Å². The fourth-order valence-electron chi connectivity index (χ4n) is 1.27. The molecule has 0 atom stereocenters. The minimum absolute atomic E-state index is 0.310. The van der Waals surface area contributed by atoms with Crippen LogP contribution >= 0.6 is 15.9 Å². The SMILES string of the molecule is CCCC(CCC)C(=O)CBr. The maximum atomic E-state index is 11.2. The number of rotatable bonds is 6. The van der Waals surface area contributed by atoms with Crippen LogP contribution in [0.2, 0.25) is 0 Å². The molecule has 0 amide bonds. The molecule has 0 radical (unpaired) electrons. The summed E-state index contributed by atoms with van der Waals surface area (Å²) < 4.78 is 0. The van der Waals surface area contributed by atoms with Crippen LogP contribution in [0.25, 0.3) is 0 Å². The first-order valence-corrected chi connectivity index (χ1v) is 5.47. The zero-order valence-electron chi connectivity index (χ0n) is 7.40. The molecule has 0 aromatic carbocycles. The Morgan fingerprint density at radius 2 is 1.73 bits per heavy atom. The van der Waals surface area contributed by atoms with Crippen LogP contribution in [0.15, 0.2) is 0 Å². The van der Waals surface area contributed by atoms with Gasteiger partial charge in [-0.2, -0.15) is 0 Å². The second-order valence-electron chi connectivity index (χ2n) is 2.87. The van der Waals surface area contributed by atoms with Gasteiger partial charge in [-0.15, -0.1) is 0 Å². The summed E-state index contributed by atoms with van der Waals surface area (Å²) in [6.45, 7) is 4.26. The molecule has 0 aliphatic heterocycles. The van der Waals surface area contributed by atoms with Crippen molar-refractivity contribution in [2.45, 2.75) is 39.5 Å². The lowest BCUT2D eigenvalue weighted by molar-refractivity contribution is -0.120. The molecule has 0 bridgehead atoms. The molecule has 0 unspecified atom stereocenters. The highest BCUT2D eigenvalue weighted by Gasteiger charge is 2.14. The molecule has 66 valence electrons. The van der Waals surface area contributed by atoms with E-state index in [0.717, 1.165) is 25.7 Å². The van der Waals surface area contributed by atoms with Crippen LogP contribution < -0.4 is 0 Å². The molecule has 2 heteroatoms. The molecule has 11 heavy (non-hydrogen) atoms. The van der Waals surface area contributed by atoms with Crippen molar-refractivity contribution in [1.29, 1.82) is 0 Å². The van der Waals surface area contributed by atoms with E-state index in [0.29, 0.717) is 17.0 Å². The largest absolute Gasteiger partial charge is 0.298 e. The molecule has 0 rings (SSSR count). The van der Waals surface area contributed by atoms with Crippen LogP contribution in [0.5, 0.6) is 0 Å². The first-order valence-electron chi connectivity index (χ1n) is 4.34. The number of Topliss-reactive ketones (excluding diaryl/α,β-unsaturated/α-hetero) is 1. The summed E-state index contributed by atoms with van der Waals surface area (Å²) in [4.78, 5) is 11.2. The Hall–Kier alpha value is 0.150. The maximum Gasteiger partial charge on any atom is 0.146 e. The van der Waals surface area contributed by atoms with Crippen LogP contribution in [-0.2, 0) is 4.79 Å². The summed E-state index contributed by atoms with van der Waals surface area (Å²) in [5.74, 6) is 0.679. The van der Waals surface area contributed by atoms with E-state index in [2.05, 4.69) is 29.8 Å². The minimum Gasteiger partial charge on any atom is -0.298 e. The molecule has 0 aromatic rings. The number of hydrogen-bond donors (Lipinski definition) is 0. The Morgan fingerprint density at radius 3 is 2.00 bits per heavy atom. The third-order valence-corrected chi connectivity index (χ3v) is 2.41. The van der Waals surface area contributed by atoms with Crippen molar-refractivity contribution in [3.63, 3.8) is 0 Å². The fourth-order valence-corrected chi connectivity index (χ4v) is 1.73. The van der Waals surface area contributed by atoms with Gasteiger partial charge in [-0.3, -0.25) is 4.79 Å². The van der Waals surface area contributed by atoms with Gasteiger partial charge in [0.2, 0.25) is 0 Å². The van der Waals surface area contributed by atoms with Crippen LogP contribution in [0.1, 0.15) is 39.5 Å². The normalized spacial score (nSPS) is 10.5. The lowest BCUT2D eigenvalue weighted by Gasteiger charge is -2.11. The van der Waals surface area contributed by atoms with E-state index in [1.807, 2.05) is 0 Å². The number of carbonyl (C=O) groups is 1. The number of ketones is 1. The van der Waals surface area contributed by atoms with Gasteiger partial charge in [-0.05, 0) is 12.8 Å². The average molecular weight is 221 g/mol. The number of halogens is 1.